The largest absolute Gasteiger partial charge is 0.506 e. The fraction of sp³-hybridized carbons (Fsp3) is 0.111. The summed E-state index contributed by atoms with van der Waals surface area (Å²) in [6, 6.07) is 14.4. The third-order valence-corrected chi connectivity index (χ3v) is 5.61. The molecule has 6 heterocycles. The number of fused-ring (bicyclic) bond motifs is 2. The van der Waals surface area contributed by atoms with Gasteiger partial charge < -0.3 is 28.7 Å². The summed E-state index contributed by atoms with van der Waals surface area (Å²) in [7, 11) is 5.49. The first-order valence-corrected chi connectivity index (χ1v) is 11.4. The van der Waals surface area contributed by atoms with Crippen LogP contribution in [0, 0.1) is 0 Å². The van der Waals surface area contributed by atoms with Gasteiger partial charge in [-0.15, -0.1) is 0 Å². The number of rotatable bonds is 4. The first-order valence-electron chi connectivity index (χ1n) is 11.4. The maximum atomic E-state index is 9.44. The topological polar surface area (TPSA) is 113 Å². The van der Waals surface area contributed by atoms with Crippen LogP contribution in [0.3, 0.4) is 0 Å². The van der Waals surface area contributed by atoms with Crippen LogP contribution >= 0.6 is 0 Å². The summed E-state index contributed by atoms with van der Waals surface area (Å²) < 4.78 is 8.58. The van der Waals surface area contributed by atoms with E-state index in [1.165, 1.54) is 0 Å². The van der Waals surface area contributed by atoms with E-state index in [1.807, 2.05) is 49.6 Å². The van der Waals surface area contributed by atoms with Crippen molar-refractivity contribution >= 4 is 17.1 Å². The Hall–Kier alpha value is -5.12. The lowest BCUT2D eigenvalue weighted by molar-refractivity contribution is 0.398. The monoisotopic (exact) mass is 495 g/mol. The molecule has 6 rings (SSSR count). The molecule has 6 aromatic heterocycles. The second-order valence-corrected chi connectivity index (χ2v) is 8.45. The van der Waals surface area contributed by atoms with Crippen LogP contribution in [0.15, 0.2) is 85.7 Å². The first-order chi connectivity index (χ1) is 17.9. The Morgan fingerprint density at radius 2 is 1.22 bits per heavy atom. The maximum Gasteiger partial charge on any atom is 0.212 e. The highest BCUT2D eigenvalue weighted by Gasteiger charge is 2.07. The number of hydrogen-bond donors (Lipinski definition) is 2. The van der Waals surface area contributed by atoms with E-state index in [-0.39, 0.29) is 11.5 Å². The molecule has 0 aromatic carbocycles. The van der Waals surface area contributed by atoms with Crippen LogP contribution in [-0.2, 0) is 0 Å². The van der Waals surface area contributed by atoms with Crippen molar-refractivity contribution in [1.29, 1.82) is 0 Å². The van der Waals surface area contributed by atoms with E-state index in [9.17, 15) is 10.2 Å². The van der Waals surface area contributed by atoms with Crippen molar-refractivity contribution in [2.75, 3.05) is 26.1 Å². The zero-order chi connectivity index (χ0) is 25.9. The molecule has 0 radical (unpaired) electrons. The lowest BCUT2D eigenvalue weighted by Gasteiger charge is -2.10. The molecule has 186 valence electrons. The van der Waals surface area contributed by atoms with Crippen LogP contribution in [0.2, 0.25) is 0 Å². The van der Waals surface area contributed by atoms with E-state index < -0.39 is 0 Å². The summed E-state index contributed by atoms with van der Waals surface area (Å²) in [4.78, 5) is 19.4. The number of imidazole rings is 2. The van der Waals surface area contributed by atoms with Gasteiger partial charge in [0.05, 0.1) is 30.9 Å². The Labute approximate surface area is 212 Å². The zero-order valence-electron chi connectivity index (χ0n) is 20.5. The molecule has 6 aromatic rings. The molecule has 0 spiro atoms. The highest BCUT2D eigenvalue weighted by Crippen LogP contribution is 2.23. The number of methoxy groups -OCH3 is 1. The number of hydrogen-bond acceptors (Lipinski definition) is 8. The Morgan fingerprint density at radius 3 is 1.65 bits per heavy atom. The van der Waals surface area contributed by atoms with Gasteiger partial charge in [-0.1, -0.05) is 0 Å². The molecule has 0 amide bonds. The molecule has 0 aliphatic rings. The molecule has 0 saturated heterocycles. The highest BCUT2D eigenvalue weighted by molar-refractivity contribution is 5.64. The van der Waals surface area contributed by atoms with Crippen molar-refractivity contribution in [2.45, 2.75) is 0 Å². The molecule has 0 bridgehead atoms. The number of aromatic nitrogens is 6. The predicted octanol–water partition coefficient (Wildman–Crippen LogP) is 4.28. The number of nitrogens with zero attached hydrogens (tertiary/aromatic N) is 7. The Kier molecular flexibility index (Phi) is 6.29. The lowest BCUT2D eigenvalue weighted by Crippen LogP contribution is -2.09. The minimum absolute atomic E-state index is 0.208. The van der Waals surface area contributed by atoms with Gasteiger partial charge in [0.15, 0.2) is 0 Å². The molecule has 0 unspecified atom stereocenters. The van der Waals surface area contributed by atoms with Crippen molar-refractivity contribution in [3.63, 3.8) is 0 Å². The third kappa shape index (κ3) is 5.13. The standard InChI is InChI=1S/C14H14N4O.C13H11N3O2/c1-17(2)13-5-3-10(7-15-13)12-9-18-8-11(19)4-6-14(18)16-12;1-18-13-5-2-9(6-14-13)11-8-16-7-10(17)3-4-12(16)15-11/h3-9,19H,1-2H3;2-8,17H,1H3. The summed E-state index contributed by atoms with van der Waals surface area (Å²) >= 11 is 0. The molecule has 37 heavy (non-hydrogen) atoms. The molecule has 10 nitrogen and oxygen atoms in total. The van der Waals surface area contributed by atoms with Gasteiger partial charge in [-0.05, 0) is 42.5 Å². The number of aromatic hydroxyl groups is 2. The fourth-order valence-corrected chi connectivity index (χ4v) is 3.69. The number of anilines is 1. The van der Waals surface area contributed by atoms with Gasteiger partial charge in [0.2, 0.25) is 5.88 Å². The van der Waals surface area contributed by atoms with E-state index in [2.05, 4.69) is 19.9 Å². The minimum Gasteiger partial charge on any atom is -0.506 e. The highest BCUT2D eigenvalue weighted by atomic mass is 16.5. The van der Waals surface area contributed by atoms with E-state index >= 15 is 0 Å². The maximum absolute atomic E-state index is 9.44. The Morgan fingerprint density at radius 1 is 0.676 bits per heavy atom. The van der Waals surface area contributed by atoms with Crippen molar-refractivity contribution in [2.24, 2.45) is 0 Å². The summed E-state index contributed by atoms with van der Waals surface area (Å²) in [6.07, 6.45) is 10.5. The second-order valence-electron chi connectivity index (χ2n) is 8.45. The van der Waals surface area contributed by atoms with Crippen LogP contribution in [0.25, 0.3) is 33.8 Å². The second kappa shape index (κ2) is 9.86. The van der Waals surface area contributed by atoms with Gasteiger partial charge in [-0.3, -0.25) is 0 Å². The Bertz CT molecular complexity index is 1660. The normalized spacial score (nSPS) is 10.8. The first kappa shape index (κ1) is 23.6. The van der Waals surface area contributed by atoms with Crippen molar-refractivity contribution in [3.05, 3.63) is 85.7 Å². The zero-order valence-corrected chi connectivity index (χ0v) is 20.5. The molecule has 0 fully saturated rings. The smallest absolute Gasteiger partial charge is 0.212 e. The quantitative estimate of drug-likeness (QED) is 0.373. The van der Waals surface area contributed by atoms with E-state index in [4.69, 9.17) is 4.74 Å². The van der Waals surface area contributed by atoms with E-state index in [0.717, 1.165) is 39.6 Å². The number of pyridine rings is 4. The van der Waals surface area contributed by atoms with Crippen molar-refractivity contribution < 1.29 is 14.9 Å². The molecular formula is C27H25N7O3. The SMILES string of the molecule is CN(C)c1ccc(-c2cn3cc(O)ccc3n2)cn1.COc1ccc(-c2cn3cc(O)ccc3n2)cn1. The van der Waals surface area contributed by atoms with Crippen LogP contribution < -0.4 is 9.64 Å². The van der Waals surface area contributed by atoms with Crippen molar-refractivity contribution in [3.8, 4) is 39.9 Å². The average molecular weight is 496 g/mol. The van der Waals surface area contributed by atoms with Gasteiger partial charge in [-0.2, -0.15) is 0 Å². The minimum atomic E-state index is 0.208. The molecule has 2 N–H and O–H groups in total. The molecule has 10 heteroatoms. The van der Waals surface area contributed by atoms with Gasteiger partial charge >= 0.3 is 0 Å². The summed E-state index contributed by atoms with van der Waals surface area (Å²) in [6.45, 7) is 0. The molecule has 0 aliphatic heterocycles. The molecule has 0 atom stereocenters. The van der Waals surface area contributed by atoms with Gasteiger partial charge in [0, 0.05) is 56.1 Å². The summed E-state index contributed by atoms with van der Waals surface area (Å²) in [5.41, 5.74) is 5.06. The molecule has 0 aliphatic carbocycles. The average Bonchev–Trinajstić information content (AvgIpc) is 3.53. The number of ether oxygens (including phenoxy) is 1. The third-order valence-electron chi connectivity index (χ3n) is 5.61. The fourth-order valence-electron chi connectivity index (χ4n) is 3.69. The van der Waals surface area contributed by atoms with E-state index in [1.54, 1.807) is 71.0 Å². The van der Waals surface area contributed by atoms with Crippen LogP contribution in [0.1, 0.15) is 0 Å². The van der Waals surface area contributed by atoms with Gasteiger partial charge in [0.25, 0.3) is 0 Å². The van der Waals surface area contributed by atoms with Crippen LogP contribution in [0.5, 0.6) is 17.4 Å². The van der Waals surface area contributed by atoms with Crippen LogP contribution in [0.4, 0.5) is 5.82 Å². The van der Waals surface area contributed by atoms with Crippen LogP contribution in [-0.4, -0.2) is 60.2 Å². The van der Waals surface area contributed by atoms with Crippen molar-refractivity contribution in [1.82, 2.24) is 28.7 Å². The van der Waals surface area contributed by atoms with Gasteiger partial charge in [0.1, 0.15) is 28.6 Å². The van der Waals surface area contributed by atoms with Gasteiger partial charge in [-0.25, -0.2) is 19.9 Å². The summed E-state index contributed by atoms with van der Waals surface area (Å²) in [5.74, 6) is 1.90. The predicted molar refractivity (Wildman–Crippen MR) is 141 cm³/mol. The van der Waals surface area contributed by atoms with E-state index in [0.29, 0.717) is 5.88 Å². The Balaban J connectivity index is 0.000000152. The summed E-state index contributed by atoms with van der Waals surface area (Å²) in [5, 5.41) is 18.8. The molecular weight excluding hydrogens is 470 g/mol. The lowest BCUT2D eigenvalue weighted by atomic mass is 10.2. The molecule has 0 saturated carbocycles.